The van der Waals surface area contributed by atoms with E-state index in [0.29, 0.717) is 17.7 Å². The molecule has 2 nitrogen and oxygen atoms in total. The zero-order chi connectivity index (χ0) is 14.1. The molecule has 0 atom stereocenters. The maximum atomic E-state index is 9.43. The van der Waals surface area contributed by atoms with Gasteiger partial charge in [0.25, 0.3) is 0 Å². The zero-order valence-electron chi connectivity index (χ0n) is 11.4. The van der Waals surface area contributed by atoms with Crippen LogP contribution in [0.3, 0.4) is 0 Å². The molecule has 0 heterocycles. The highest BCUT2D eigenvalue weighted by atomic mass is 79.9. The van der Waals surface area contributed by atoms with Gasteiger partial charge in [0.2, 0.25) is 0 Å². The number of phenolic OH excluding ortho intramolecular Hbond substituents is 1. The van der Waals surface area contributed by atoms with Crippen LogP contribution in [0.25, 0.3) is 0 Å². The van der Waals surface area contributed by atoms with Crippen molar-refractivity contribution < 1.29 is 5.11 Å². The Morgan fingerprint density at radius 3 is 2.60 bits per heavy atom. The van der Waals surface area contributed by atoms with Gasteiger partial charge in [-0.05, 0) is 61.1 Å². The van der Waals surface area contributed by atoms with Crippen LogP contribution in [-0.2, 0) is 0 Å². The van der Waals surface area contributed by atoms with Crippen molar-refractivity contribution in [3.8, 4) is 5.75 Å². The molecule has 3 rings (SSSR count). The van der Waals surface area contributed by atoms with Crippen molar-refractivity contribution in [2.24, 2.45) is 0 Å². The smallest absolute Gasteiger partial charge is 0.115 e. The van der Waals surface area contributed by atoms with Crippen LogP contribution >= 0.6 is 15.9 Å². The van der Waals surface area contributed by atoms with Crippen molar-refractivity contribution in [3.63, 3.8) is 0 Å². The molecule has 0 radical (unpaired) electrons. The van der Waals surface area contributed by atoms with Gasteiger partial charge in [-0.3, -0.25) is 0 Å². The average molecular weight is 332 g/mol. The third-order valence-electron chi connectivity index (χ3n) is 4.05. The first kappa shape index (κ1) is 13.5. The molecule has 0 amide bonds. The Labute approximate surface area is 128 Å². The van der Waals surface area contributed by atoms with Crippen LogP contribution in [0.15, 0.2) is 46.9 Å². The highest BCUT2D eigenvalue weighted by molar-refractivity contribution is 9.10. The lowest BCUT2D eigenvalue weighted by Gasteiger charge is -2.37. The topological polar surface area (TPSA) is 32.3 Å². The van der Waals surface area contributed by atoms with Crippen LogP contribution in [0.1, 0.15) is 29.9 Å². The monoisotopic (exact) mass is 331 g/mol. The summed E-state index contributed by atoms with van der Waals surface area (Å²) in [5.74, 6) is 0.966. The summed E-state index contributed by atoms with van der Waals surface area (Å²) in [6.45, 7) is 2.02. The number of hydrogen-bond acceptors (Lipinski definition) is 2. The highest BCUT2D eigenvalue weighted by Gasteiger charge is 2.31. The average Bonchev–Trinajstić information content (AvgIpc) is 2.37. The number of aryl methyl sites for hydroxylation is 1. The van der Waals surface area contributed by atoms with E-state index in [9.17, 15) is 5.11 Å². The Morgan fingerprint density at radius 1 is 1.15 bits per heavy atom. The van der Waals surface area contributed by atoms with Gasteiger partial charge in [0, 0.05) is 16.2 Å². The van der Waals surface area contributed by atoms with Gasteiger partial charge >= 0.3 is 0 Å². The van der Waals surface area contributed by atoms with Gasteiger partial charge in [-0.2, -0.15) is 0 Å². The van der Waals surface area contributed by atoms with Crippen molar-refractivity contribution in [1.82, 2.24) is 0 Å². The molecular formula is C17H18BrNO. The minimum Gasteiger partial charge on any atom is -0.508 e. The van der Waals surface area contributed by atoms with E-state index >= 15 is 0 Å². The summed E-state index contributed by atoms with van der Waals surface area (Å²) in [5, 5.41) is 13.0. The van der Waals surface area contributed by atoms with Crippen LogP contribution in [0.5, 0.6) is 5.75 Å². The molecule has 104 valence electrons. The molecule has 3 heteroatoms. The first-order valence-electron chi connectivity index (χ1n) is 6.94. The number of rotatable bonds is 3. The fraction of sp³-hybridized carbons (Fsp3) is 0.294. The maximum Gasteiger partial charge on any atom is 0.115 e. The van der Waals surface area contributed by atoms with E-state index in [1.807, 2.05) is 13.0 Å². The van der Waals surface area contributed by atoms with E-state index in [-0.39, 0.29) is 0 Å². The Hall–Kier alpha value is -1.48. The van der Waals surface area contributed by atoms with E-state index in [2.05, 4.69) is 45.5 Å². The summed E-state index contributed by atoms with van der Waals surface area (Å²) in [6.07, 6.45) is 2.31. The zero-order valence-corrected chi connectivity index (χ0v) is 13.0. The van der Waals surface area contributed by atoms with Crippen molar-refractivity contribution in [1.29, 1.82) is 0 Å². The Morgan fingerprint density at radius 2 is 1.90 bits per heavy atom. The largest absolute Gasteiger partial charge is 0.508 e. The van der Waals surface area contributed by atoms with Gasteiger partial charge in [0.1, 0.15) is 5.75 Å². The maximum absolute atomic E-state index is 9.43. The quantitative estimate of drug-likeness (QED) is 0.790. The Balaban J connectivity index is 1.62. The van der Waals surface area contributed by atoms with Crippen LogP contribution < -0.4 is 5.32 Å². The minimum atomic E-state index is 0.327. The molecule has 1 fully saturated rings. The number of benzene rings is 2. The molecule has 1 aliphatic carbocycles. The molecule has 2 aromatic carbocycles. The molecule has 0 saturated heterocycles. The molecule has 0 bridgehead atoms. The van der Waals surface area contributed by atoms with Gasteiger partial charge < -0.3 is 10.4 Å². The second kappa shape index (κ2) is 5.49. The fourth-order valence-electron chi connectivity index (χ4n) is 2.83. The van der Waals surface area contributed by atoms with Crippen LogP contribution in [0.2, 0.25) is 0 Å². The third kappa shape index (κ3) is 2.68. The van der Waals surface area contributed by atoms with Crippen LogP contribution in [0.4, 0.5) is 5.69 Å². The third-order valence-corrected chi connectivity index (χ3v) is 4.77. The van der Waals surface area contributed by atoms with Crippen LogP contribution in [0, 0.1) is 6.92 Å². The molecule has 0 aromatic heterocycles. The van der Waals surface area contributed by atoms with Crippen molar-refractivity contribution in [3.05, 3.63) is 58.1 Å². The van der Waals surface area contributed by atoms with Gasteiger partial charge in [-0.15, -0.1) is 0 Å². The van der Waals surface area contributed by atoms with E-state index in [0.717, 1.165) is 24.1 Å². The number of hydrogen-bond donors (Lipinski definition) is 2. The second-order valence-electron chi connectivity index (χ2n) is 5.53. The van der Waals surface area contributed by atoms with Gasteiger partial charge in [0.05, 0.1) is 0 Å². The predicted molar refractivity (Wildman–Crippen MR) is 86.4 cm³/mol. The molecular weight excluding hydrogens is 314 g/mol. The molecule has 0 aliphatic heterocycles. The van der Waals surface area contributed by atoms with Gasteiger partial charge in [-0.25, -0.2) is 0 Å². The summed E-state index contributed by atoms with van der Waals surface area (Å²) in [6, 6.07) is 14.5. The summed E-state index contributed by atoms with van der Waals surface area (Å²) < 4.78 is 1.21. The van der Waals surface area contributed by atoms with Gasteiger partial charge in [0.15, 0.2) is 0 Å². The summed E-state index contributed by atoms with van der Waals surface area (Å²) >= 11 is 3.63. The molecule has 1 aliphatic rings. The highest BCUT2D eigenvalue weighted by Crippen LogP contribution is 2.41. The van der Waals surface area contributed by atoms with E-state index in [1.165, 1.54) is 10.0 Å². The summed E-state index contributed by atoms with van der Waals surface area (Å²) in [7, 11) is 0. The molecule has 2 N–H and O–H groups in total. The second-order valence-corrected chi connectivity index (χ2v) is 6.38. The van der Waals surface area contributed by atoms with Crippen molar-refractivity contribution in [2.45, 2.75) is 31.7 Å². The predicted octanol–water partition coefficient (Wildman–Crippen LogP) is 4.82. The first-order chi connectivity index (χ1) is 9.63. The van der Waals surface area contributed by atoms with Crippen molar-refractivity contribution in [2.75, 3.05) is 5.32 Å². The van der Waals surface area contributed by atoms with Gasteiger partial charge in [-0.1, -0.05) is 34.1 Å². The minimum absolute atomic E-state index is 0.327. The number of halogens is 1. The first-order valence-corrected chi connectivity index (χ1v) is 7.73. The van der Waals surface area contributed by atoms with E-state index < -0.39 is 0 Å². The fourth-order valence-corrected chi connectivity index (χ4v) is 3.43. The van der Waals surface area contributed by atoms with Crippen LogP contribution in [-0.4, -0.2) is 11.1 Å². The molecule has 2 aromatic rings. The molecule has 0 spiro atoms. The van der Waals surface area contributed by atoms with Crippen molar-refractivity contribution >= 4 is 21.6 Å². The number of anilines is 1. The normalized spacial score (nSPS) is 21.3. The lowest BCUT2D eigenvalue weighted by Crippen LogP contribution is -2.34. The standard InChI is InChI=1S/C17H18BrNO/c1-11-8-14(20)6-7-17(11)19-13-9-12(10-13)15-4-2-3-5-16(15)18/h2-8,12-13,19-20H,9-10H2,1H3. The lowest BCUT2D eigenvalue weighted by atomic mass is 9.76. The molecule has 0 unspecified atom stereocenters. The Kier molecular flexibility index (Phi) is 3.70. The van der Waals surface area contributed by atoms with E-state index in [1.54, 1.807) is 12.1 Å². The molecule has 20 heavy (non-hydrogen) atoms. The number of nitrogens with one attached hydrogen (secondary N) is 1. The lowest BCUT2D eigenvalue weighted by molar-refractivity contribution is 0.373. The SMILES string of the molecule is Cc1cc(O)ccc1NC1CC(c2ccccc2Br)C1. The number of phenols is 1. The summed E-state index contributed by atoms with van der Waals surface area (Å²) in [4.78, 5) is 0. The van der Waals surface area contributed by atoms with E-state index in [4.69, 9.17) is 0 Å². The molecule has 1 saturated carbocycles. The number of aromatic hydroxyl groups is 1. The Bertz CT molecular complexity index is 620. The summed E-state index contributed by atoms with van der Waals surface area (Å²) in [5.41, 5.74) is 3.63.